The lowest BCUT2D eigenvalue weighted by Gasteiger charge is -2.08. The van der Waals surface area contributed by atoms with E-state index in [1.54, 1.807) is 24.3 Å². The summed E-state index contributed by atoms with van der Waals surface area (Å²) in [4.78, 5) is 31.4. The predicted molar refractivity (Wildman–Crippen MR) is 100 cm³/mol. The molecule has 2 aromatic carbocycles. The van der Waals surface area contributed by atoms with Crippen LogP contribution in [0.15, 0.2) is 60.9 Å². The quantitative estimate of drug-likeness (QED) is 0.642. The third-order valence-electron chi connectivity index (χ3n) is 3.46. The normalized spacial score (nSPS) is 10.1. The number of benzene rings is 2. The van der Waals surface area contributed by atoms with E-state index in [9.17, 15) is 14.0 Å². The van der Waals surface area contributed by atoms with Crippen molar-refractivity contribution >= 4 is 34.7 Å². The molecule has 0 bridgehead atoms. The van der Waals surface area contributed by atoms with E-state index in [2.05, 4.69) is 25.9 Å². The number of carbonyl (C=O) groups excluding carboxylic acids is 2. The Bertz CT molecular complexity index is 941. The number of aromatic nitrogens is 2. The molecule has 0 aliphatic carbocycles. The number of hydrogen-bond acceptors (Lipinski definition) is 5. The summed E-state index contributed by atoms with van der Waals surface area (Å²) in [5.41, 5.74) is 2.03. The average molecular weight is 365 g/mol. The fourth-order valence-corrected chi connectivity index (χ4v) is 2.23. The second-order valence-corrected chi connectivity index (χ2v) is 5.63. The van der Waals surface area contributed by atoms with E-state index in [0.29, 0.717) is 17.2 Å². The highest BCUT2D eigenvalue weighted by Gasteiger charge is 2.09. The summed E-state index contributed by atoms with van der Waals surface area (Å²) < 4.78 is 12.9. The van der Waals surface area contributed by atoms with Crippen molar-refractivity contribution in [1.82, 2.24) is 9.97 Å². The first-order chi connectivity index (χ1) is 13.0. The minimum absolute atomic E-state index is 0.130. The lowest BCUT2D eigenvalue weighted by molar-refractivity contribution is -0.114. The van der Waals surface area contributed by atoms with Crippen molar-refractivity contribution < 1.29 is 14.0 Å². The molecule has 0 atom stereocenters. The molecular formula is C19H16FN5O2. The highest BCUT2D eigenvalue weighted by molar-refractivity contribution is 6.02. The topological polar surface area (TPSA) is 96.0 Å². The molecule has 27 heavy (non-hydrogen) atoms. The Morgan fingerprint density at radius 3 is 2.00 bits per heavy atom. The summed E-state index contributed by atoms with van der Waals surface area (Å²) in [5.74, 6) is -0.509. The molecule has 0 spiro atoms. The first-order valence-corrected chi connectivity index (χ1v) is 8.03. The Morgan fingerprint density at radius 1 is 0.815 bits per heavy atom. The van der Waals surface area contributed by atoms with E-state index in [-0.39, 0.29) is 17.4 Å². The van der Waals surface area contributed by atoms with Gasteiger partial charge in [0.2, 0.25) is 5.91 Å². The van der Waals surface area contributed by atoms with Crippen LogP contribution < -0.4 is 16.0 Å². The number of hydrogen-bond donors (Lipinski definition) is 3. The maximum atomic E-state index is 12.9. The summed E-state index contributed by atoms with van der Waals surface area (Å²) in [6.07, 6.45) is 2.77. The van der Waals surface area contributed by atoms with Crippen molar-refractivity contribution in [3.05, 3.63) is 72.4 Å². The molecule has 0 fully saturated rings. The Kier molecular flexibility index (Phi) is 5.36. The van der Waals surface area contributed by atoms with Gasteiger partial charge in [0.25, 0.3) is 5.91 Å². The summed E-state index contributed by atoms with van der Waals surface area (Å²) in [6.45, 7) is 1.44. The number of anilines is 4. The number of carbonyl (C=O) groups is 2. The molecule has 2 amide bonds. The summed E-state index contributed by atoms with van der Waals surface area (Å²) in [5, 5.41) is 8.34. The van der Waals surface area contributed by atoms with Crippen molar-refractivity contribution in [2.24, 2.45) is 0 Å². The molecule has 136 valence electrons. The number of rotatable bonds is 5. The van der Waals surface area contributed by atoms with Gasteiger partial charge in [0.15, 0.2) is 0 Å². The van der Waals surface area contributed by atoms with Gasteiger partial charge in [0.05, 0.1) is 12.4 Å². The predicted octanol–water partition coefficient (Wildman–Crippen LogP) is 3.57. The highest BCUT2D eigenvalue weighted by Crippen LogP contribution is 2.17. The van der Waals surface area contributed by atoms with E-state index >= 15 is 0 Å². The lowest BCUT2D eigenvalue weighted by atomic mass is 10.2. The Hall–Kier alpha value is -3.81. The molecule has 3 N–H and O–H groups in total. The molecular weight excluding hydrogens is 349 g/mol. The summed E-state index contributed by atoms with van der Waals surface area (Å²) in [6, 6.07) is 12.5. The van der Waals surface area contributed by atoms with Gasteiger partial charge in [-0.15, -0.1) is 0 Å². The number of nitrogens with zero attached hydrogens (tertiary/aromatic N) is 2. The summed E-state index contributed by atoms with van der Waals surface area (Å²) in [7, 11) is 0. The minimum Gasteiger partial charge on any atom is -0.339 e. The SMILES string of the molecule is CC(=O)Nc1ccc(Nc2cnc(C(=O)Nc3ccc(F)cc3)cn2)cc1. The second-order valence-electron chi connectivity index (χ2n) is 5.63. The molecule has 0 aliphatic rings. The largest absolute Gasteiger partial charge is 0.339 e. The van der Waals surface area contributed by atoms with Crippen molar-refractivity contribution in [3.63, 3.8) is 0 Å². The molecule has 8 heteroatoms. The zero-order valence-electron chi connectivity index (χ0n) is 14.4. The highest BCUT2D eigenvalue weighted by atomic mass is 19.1. The van der Waals surface area contributed by atoms with Crippen LogP contribution in [0.2, 0.25) is 0 Å². The van der Waals surface area contributed by atoms with Crippen molar-refractivity contribution in [2.75, 3.05) is 16.0 Å². The Labute approximate surface area is 154 Å². The van der Waals surface area contributed by atoms with Crippen LogP contribution in [0.25, 0.3) is 0 Å². The maximum Gasteiger partial charge on any atom is 0.275 e. The molecule has 0 saturated carbocycles. The standard InChI is InChI=1S/C19H16FN5O2/c1-12(26)23-14-6-8-15(9-7-14)24-18-11-21-17(10-22-18)19(27)25-16-4-2-13(20)3-5-16/h2-11H,1H3,(H,22,24)(H,23,26)(H,25,27). The lowest BCUT2D eigenvalue weighted by Crippen LogP contribution is -2.14. The molecule has 1 aromatic heterocycles. The minimum atomic E-state index is -0.444. The second kappa shape index (κ2) is 8.05. The van der Waals surface area contributed by atoms with Gasteiger partial charge in [-0.2, -0.15) is 0 Å². The van der Waals surface area contributed by atoms with Crippen LogP contribution in [-0.2, 0) is 4.79 Å². The zero-order chi connectivity index (χ0) is 19.2. The molecule has 3 aromatic rings. The third-order valence-corrected chi connectivity index (χ3v) is 3.46. The van der Waals surface area contributed by atoms with Crippen molar-refractivity contribution in [2.45, 2.75) is 6.92 Å². The van der Waals surface area contributed by atoms with E-state index in [4.69, 9.17) is 0 Å². The fraction of sp³-hybridized carbons (Fsp3) is 0.0526. The van der Waals surface area contributed by atoms with Gasteiger partial charge in [-0.3, -0.25) is 9.59 Å². The molecule has 3 rings (SSSR count). The van der Waals surface area contributed by atoms with E-state index in [1.807, 2.05) is 0 Å². The van der Waals surface area contributed by atoms with Gasteiger partial charge in [-0.05, 0) is 48.5 Å². The zero-order valence-corrected chi connectivity index (χ0v) is 14.4. The van der Waals surface area contributed by atoms with Gasteiger partial charge < -0.3 is 16.0 Å². The van der Waals surface area contributed by atoms with Crippen LogP contribution in [0.4, 0.5) is 27.3 Å². The fourth-order valence-electron chi connectivity index (χ4n) is 2.23. The van der Waals surface area contributed by atoms with Crippen molar-refractivity contribution in [1.29, 1.82) is 0 Å². The average Bonchev–Trinajstić information content (AvgIpc) is 2.65. The smallest absolute Gasteiger partial charge is 0.275 e. The van der Waals surface area contributed by atoms with Crippen LogP contribution in [0, 0.1) is 5.82 Å². The van der Waals surface area contributed by atoms with Gasteiger partial charge in [-0.25, -0.2) is 14.4 Å². The molecule has 1 heterocycles. The Morgan fingerprint density at radius 2 is 1.41 bits per heavy atom. The third kappa shape index (κ3) is 5.08. The number of halogens is 1. The van der Waals surface area contributed by atoms with Crippen LogP contribution in [-0.4, -0.2) is 21.8 Å². The summed E-state index contributed by atoms with van der Waals surface area (Å²) >= 11 is 0. The van der Waals surface area contributed by atoms with E-state index < -0.39 is 5.91 Å². The molecule has 0 aliphatic heterocycles. The van der Waals surface area contributed by atoms with E-state index in [1.165, 1.54) is 43.6 Å². The van der Waals surface area contributed by atoms with Crippen LogP contribution in [0.3, 0.4) is 0 Å². The molecule has 0 unspecified atom stereocenters. The van der Waals surface area contributed by atoms with Gasteiger partial charge >= 0.3 is 0 Å². The van der Waals surface area contributed by atoms with Gasteiger partial charge in [0.1, 0.15) is 17.3 Å². The maximum absolute atomic E-state index is 12.9. The van der Waals surface area contributed by atoms with E-state index in [0.717, 1.165) is 5.69 Å². The van der Waals surface area contributed by atoms with Crippen LogP contribution in [0.5, 0.6) is 0 Å². The van der Waals surface area contributed by atoms with Gasteiger partial charge in [-0.1, -0.05) is 0 Å². The van der Waals surface area contributed by atoms with Gasteiger partial charge in [0, 0.05) is 24.0 Å². The first-order valence-electron chi connectivity index (χ1n) is 8.03. The van der Waals surface area contributed by atoms with Crippen LogP contribution >= 0.6 is 0 Å². The van der Waals surface area contributed by atoms with Crippen LogP contribution in [0.1, 0.15) is 17.4 Å². The van der Waals surface area contributed by atoms with Crippen molar-refractivity contribution in [3.8, 4) is 0 Å². The molecule has 0 saturated heterocycles. The Balaban J connectivity index is 1.61. The monoisotopic (exact) mass is 365 g/mol. The first kappa shape index (κ1) is 18.0. The number of amides is 2. The molecule has 7 nitrogen and oxygen atoms in total. The molecule has 0 radical (unpaired) electrons. The number of nitrogens with one attached hydrogen (secondary N) is 3.